The summed E-state index contributed by atoms with van der Waals surface area (Å²) in [6, 6.07) is 5.38. The highest BCUT2D eigenvalue weighted by atomic mass is 16.4. The maximum absolute atomic E-state index is 12.8. The van der Waals surface area contributed by atoms with Crippen LogP contribution < -0.4 is 5.32 Å². The van der Waals surface area contributed by atoms with Gasteiger partial charge in [-0.05, 0) is 56.9 Å². The molecule has 1 aliphatic heterocycles. The Hall–Kier alpha value is -3.29. The Morgan fingerprint density at radius 3 is 2.46 bits per heavy atom. The first-order chi connectivity index (χ1) is 13.4. The van der Waals surface area contributed by atoms with Gasteiger partial charge in [-0.3, -0.25) is 9.59 Å². The number of hydrogen-bond donors (Lipinski definition) is 2. The summed E-state index contributed by atoms with van der Waals surface area (Å²) in [7, 11) is 0. The van der Waals surface area contributed by atoms with Crippen LogP contribution in [0, 0.1) is 6.92 Å². The largest absolute Gasteiger partial charge is 0.476 e. The summed E-state index contributed by atoms with van der Waals surface area (Å²) in [4.78, 5) is 45.3. The van der Waals surface area contributed by atoms with Gasteiger partial charge in [-0.1, -0.05) is 0 Å². The van der Waals surface area contributed by atoms with Crippen molar-refractivity contribution in [2.24, 2.45) is 0 Å². The third kappa shape index (κ3) is 4.16. The number of carboxylic acids is 1. The van der Waals surface area contributed by atoms with E-state index in [1.165, 1.54) is 0 Å². The molecule has 8 heteroatoms. The molecule has 146 valence electrons. The Morgan fingerprint density at radius 1 is 1.14 bits per heavy atom. The van der Waals surface area contributed by atoms with Crippen molar-refractivity contribution >= 4 is 23.5 Å². The normalized spacial score (nSPS) is 16.5. The van der Waals surface area contributed by atoms with E-state index in [-0.39, 0.29) is 23.3 Å². The first-order valence-electron chi connectivity index (χ1n) is 9.15. The molecule has 0 aliphatic carbocycles. The predicted octanol–water partition coefficient (Wildman–Crippen LogP) is 2.75. The maximum atomic E-state index is 12.8. The summed E-state index contributed by atoms with van der Waals surface area (Å²) in [5, 5.41) is 11.5. The Kier molecular flexibility index (Phi) is 5.67. The van der Waals surface area contributed by atoms with Gasteiger partial charge >= 0.3 is 5.97 Å². The van der Waals surface area contributed by atoms with Crippen LogP contribution in [0.5, 0.6) is 0 Å². The van der Waals surface area contributed by atoms with E-state index in [0.29, 0.717) is 11.3 Å². The van der Waals surface area contributed by atoms with Crippen molar-refractivity contribution in [2.45, 2.75) is 39.2 Å². The minimum absolute atomic E-state index is 0.00306. The average Bonchev–Trinajstić information content (AvgIpc) is 2.69. The van der Waals surface area contributed by atoms with E-state index in [2.05, 4.69) is 22.2 Å². The van der Waals surface area contributed by atoms with Crippen molar-refractivity contribution in [3.05, 3.63) is 53.1 Å². The molecule has 2 heterocycles. The summed E-state index contributed by atoms with van der Waals surface area (Å²) in [5.41, 5.74) is 1.67. The fourth-order valence-corrected chi connectivity index (χ4v) is 3.24. The molecule has 2 N–H and O–H groups in total. The molecule has 3 rings (SSSR count). The number of carboxylic acid groups (broad SMARTS) is 1. The fourth-order valence-electron chi connectivity index (χ4n) is 3.24. The number of piperidine rings is 1. The molecule has 2 aromatic rings. The molecule has 2 amide bonds. The van der Waals surface area contributed by atoms with Crippen LogP contribution in [-0.2, 0) is 0 Å². The molecule has 0 radical (unpaired) electrons. The number of nitrogens with one attached hydrogen (secondary N) is 1. The van der Waals surface area contributed by atoms with E-state index in [4.69, 9.17) is 5.11 Å². The second-order valence-electron chi connectivity index (χ2n) is 6.92. The highest BCUT2D eigenvalue weighted by Crippen LogP contribution is 2.22. The van der Waals surface area contributed by atoms with Crippen LogP contribution in [0.3, 0.4) is 0 Å². The predicted molar refractivity (Wildman–Crippen MR) is 102 cm³/mol. The molecule has 1 aromatic heterocycles. The Balaban J connectivity index is 1.72. The number of aromatic carboxylic acids is 1. The third-order valence-corrected chi connectivity index (χ3v) is 4.89. The number of rotatable bonds is 4. The van der Waals surface area contributed by atoms with Gasteiger partial charge in [-0.15, -0.1) is 0 Å². The molecule has 28 heavy (non-hydrogen) atoms. The number of hydrogen-bond acceptors (Lipinski definition) is 5. The van der Waals surface area contributed by atoms with Gasteiger partial charge in [-0.2, -0.15) is 0 Å². The van der Waals surface area contributed by atoms with Gasteiger partial charge in [-0.25, -0.2) is 14.8 Å². The average molecular weight is 382 g/mol. The smallest absolute Gasteiger partial charge is 0.356 e. The van der Waals surface area contributed by atoms with Crippen molar-refractivity contribution in [1.29, 1.82) is 0 Å². The molecule has 0 bridgehead atoms. The minimum atomic E-state index is -1.21. The van der Waals surface area contributed by atoms with Gasteiger partial charge in [0.25, 0.3) is 11.8 Å². The summed E-state index contributed by atoms with van der Waals surface area (Å²) in [6.07, 6.45) is 5.33. The van der Waals surface area contributed by atoms with Crippen LogP contribution in [-0.4, -0.2) is 50.3 Å². The zero-order valence-corrected chi connectivity index (χ0v) is 15.8. The molecule has 0 spiro atoms. The number of amides is 2. The number of anilines is 1. The molecule has 1 fully saturated rings. The van der Waals surface area contributed by atoms with Gasteiger partial charge < -0.3 is 15.3 Å². The summed E-state index contributed by atoms with van der Waals surface area (Å²) < 4.78 is 0. The molecule has 0 saturated carbocycles. The van der Waals surface area contributed by atoms with Crippen molar-refractivity contribution in [3.63, 3.8) is 0 Å². The highest BCUT2D eigenvalue weighted by Gasteiger charge is 2.24. The van der Waals surface area contributed by atoms with Crippen LogP contribution in [0.2, 0.25) is 0 Å². The van der Waals surface area contributed by atoms with E-state index in [1.54, 1.807) is 18.2 Å². The SMILES string of the molecule is Cc1cc(C(=O)N2CCCCC2C)ccc1NC(=O)c1cnc(C(=O)O)cn1. The number of carbonyl (C=O) groups is 3. The number of likely N-dealkylation sites (tertiary alicyclic amines) is 1. The zero-order valence-electron chi connectivity index (χ0n) is 15.8. The molecular formula is C20H22N4O4. The van der Waals surface area contributed by atoms with Crippen molar-refractivity contribution in [3.8, 4) is 0 Å². The Bertz CT molecular complexity index is 911. The molecule has 1 saturated heterocycles. The minimum Gasteiger partial charge on any atom is -0.476 e. The first kappa shape index (κ1) is 19.5. The highest BCUT2D eigenvalue weighted by molar-refractivity contribution is 6.03. The topological polar surface area (TPSA) is 112 Å². The van der Waals surface area contributed by atoms with Gasteiger partial charge in [0.1, 0.15) is 5.69 Å². The van der Waals surface area contributed by atoms with E-state index in [1.807, 2.05) is 11.8 Å². The van der Waals surface area contributed by atoms with Gasteiger partial charge in [0.15, 0.2) is 5.69 Å². The Labute approximate surface area is 162 Å². The second kappa shape index (κ2) is 8.16. The lowest BCUT2D eigenvalue weighted by Crippen LogP contribution is -2.42. The number of aromatic nitrogens is 2. The lowest BCUT2D eigenvalue weighted by Gasteiger charge is -2.33. The van der Waals surface area contributed by atoms with Crippen LogP contribution >= 0.6 is 0 Å². The summed E-state index contributed by atoms with van der Waals surface area (Å²) in [5.74, 6) is -1.71. The van der Waals surface area contributed by atoms with Crippen molar-refractivity contribution in [1.82, 2.24) is 14.9 Å². The van der Waals surface area contributed by atoms with Gasteiger partial charge in [0.2, 0.25) is 0 Å². The van der Waals surface area contributed by atoms with Crippen molar-refractivity contribution in [2.75, 3.05) is 11.9 Å². The van der Waals surface area contributed by atoms with Gasteiger partial charge in [0.05, 0.1) is 12.4 Å². The maximum Gasteiger partial charge on any atom is 0.356 e. The monoisotopic (exact) mass is 382 g/mol. The first-order valence-corrected chi connectivity index (χ1v) is 9.15. The number of nitrogens with zero attached hydrogens (tertiary/aromatic N) is 3. The van der Waals surface area contributed by atoms with Crippen molar-refractivity contribution < 1.29 is 19.5 Å². The molecule has 1 aromatic carbocycles. The van der Waals surface area contributed by atoms with Crippen LogP contribution in [0.4, 0.5) is 5.69 Å². The zero-order chi connectivity index (χ0) is 20.3. The molecule has 1 atom stereocenters. The van der Waals surface area contributed by atoms with E-state index in [9.17, 15) is 14.4 Å². The standard InChI is InChI=1S/C20H22N4O4/c1-12-9-14(19(26)24-8-4-3-5-13(24)2)6-7-15(12)23-18(25)16-10-22-17(11-21-16)20(27)28/h6-7,9-11,13H,3-5,8H2,1-2H3,(H,23,25)(H,27,28). The molecule has 1 aliphatic rings. The van der Waals surface area contributed by atoms with Crippen LogP contribution in [0.25, 0.3) is 0 Å². The number of carbonyl (C=O) groups excluding carboxylic acids is 2. The molecule has 8 nitrogen and oxygen atoms in total. The van der Waals surface area contributed by atoms with Gasteiger partial charge in [0, 0.05) is 23.8 Å². The third-order valence-electron chi connectivity index (χ3n) is 4.89. The van der Waals surface area contributed by atoms with E-state index < -0.39 is 11.9 Å². The number of benzene rings is 1. The lowest BCUT2D eigenvalue weighted by atomic mass is 10.0. The van der Waals surface area contributed by atoms with Crippen LogP contribution in [0.1, 0.15) is 63.1 Å². The second-order valence-corrected chi connectivity index (χ2v) is 6.92. The quantitative estimate of drug-likeness (QED) is 0.841. The summed E-state index contributed by atoms with van der Waals surface area (Å²) >= 11 is 0. The Morgan fingerprint density at radius 2 is 1.86 bits per heavy atom. The molecular weight excluding hydrogens is 360 g/mol. The fraction of sp³-hybridized carbons (Fsp3) is 0.350. The lowest BCUT2D eigenvalue weighted by molar-refractivity contribution is 0.0634. The van der Waals surface area contributed by atoms with E-state index >= 15 is 0 Å². The number of aryl methyl sites for hydroxylation is 1. The van der Waals surface area contributed by atoms with Crippen LogP contribution in [0.15, 0.2) is 30.6 Å². The summed E-state index contributed by atoms with van der Waals surface area (Å²) in [6.45, 7) is 4.64. The van der Waals surface area contributed by atoms with E-state index in [0.717, 1.165) is 43.8 Å². The molecule has 1 unspecified atom stereocenters.